The van der Waals surface area contributed by atoms with E-state index in [-0.39, 0.29) is 0 Å². The molecule has 2 aliphatic rings. The quantitative estimate of drug-likeness (QED) is 0.880. The van der Waals surface area contributed by atoms with Crippen molar-refractivity contribution < 1.29 is 0 Å². The minimum atomic E-state index is 0.700. The summed E-state index contributed by atoms with van der Waals surface area (Å²) in [5.74, 6) is 2.57. The fraction of sp³-hybridized carbons (Fsp3) is 0.600. The molecule has 2 nitrogen and oxygen atoms in total. The van der Waals surface area contributed by atoms with E-state index in [9.17, 15) is 0 Å². The van der Waals surface area contributed by atoms with Crippen LogP contribution in [0.15, 0.2) is 22.7 Å². The van der Waals surface area contributed by atoms with E-state index >= 15 is 0 Å². The predicted molar refractivity (Wildman–Crippen MR) is 88.1 cm³/mol. The van der Waals surface area contributed by atoms with Gasteiger partial charge >= 0.3 is 0 Å². The van der Waals surface area contributed by atoms with Gasteiger partial charge in [-0.15, -0.1) is 0 Å². The van der Waals surface area contributed by atoms with E-state index in [1.807, 2.05) is 0 Å². The van der Waals surface area contributed by atoms with Crippen LogP contribution in [0.2, 0.25) is 0 Å². The first-order valence-electron chi connectivity index (χ1n) is 7.06. The fourth-order valence-electron chi connectivity index (χ4n) is 2.61. The Hall–Kier alpha value is -0.190. The number of hydrogen-bond donors (Lipinski definition) is 1. The van der Waals surface area contributed by atoms with Crippen LogP contribution in [-0.4, -0.2) is 30.6 Å². The molecule has 1 atom stereocenters. The Morgan fingerprint density at radius 3 is 2.89 bits per heavy atom. The highest BCUT2D eigenvalue weighted by molar-refractivity contribution is 9.10. The van der Waals surface area contributed by atoms with Gasteiger partial charge in [-0.25, -0.2) is 0 Å². The minimum Gasteiger partial charge on any atom is -0.370 e. The second kappa shape index (κ2) is 6.06. The molecule has 0 radical (unpaired) electrons. The lowest BCUT2D eigenvalue weighted by Crippen LogP contribution is -2.32. The number of nitrogens with zero attached hydrogens (tertiary/aromatic N) is 1. The standard InChI is InChI=1S/C15H21BrN2S/c1-18(14-6-7-19-10-14)15-5-2-12(16)8-11(15)9-17-13-3-4-13/h2,5,8,13-14,17H,3-4,6-7,9-10H2,1H3. The van der Waals surface area contributed by atoms with Gasteiger partial charge in [-0.05, 0) is 48.8 Å². The Morgan fingerprint density at radius 2 is 2.21 bits per heavy atom. The molecule has 104 valence electrons. The highest BCUT2D eigenvalue weighted by atomic mass is 79.9. The van der Waals surface area contributed by atoms with Crippen molar-refractivity contribution in [3.63, 3.8) is 0 Å². The normalized spacial score (nSPS) is 22.7. The molecule has 4 heteroatoms. The maximum atomic E-state index is 3.63. The van der Waals surface area contributed by atoms with Crippen molar-refractivity contribution in [3.05, 3.63) is 28.2 Å². The first kappa shape index (κ1) is 13.8. The van der Waals surface area contributed by atoms with Crippen molar-refractivity contribution in [2.24, 2.45) is 0 Å². The molecule has 19 heavy (non-hydrogen) atoms. The summed E-state index contributed by atoms with van der Waals surface area (Å²) in [6.07, 6.45) is 4.00. The number of anilines is 1. The van der Waals surface area contributed by atoms with Gasteiger partial charge in [0.05, 0.1) is 0 Å². The van der Waals surface area contributed by atoms with Gasteiger partial charge in [0.2, 0.25) is 0 Å². The van der Waals surface area contributed by atoms with E-state index in [0.717, 1.165) is 12.6 Å². The van der Waals surface area contributed by atoms with Crippen molar-refractivity contribution in [1.82, 2.24) is 5.32 Å². The van der Waals surface area contributed by atoms with Gasteiger partial charge in [0, 0.05) is 41.6 Å². The molecule has 0 amide bonds. The Balaban J connectivity index is 1.76. The van der Waals surface area contributed by atoms with Crippen LogP contribution >= 0.6 is 27.7 Å². The molecule has 2 fully saturated rings. The molecule has 0 aromatic heterocycles. The zero-order valence-corrected chi connectivity index (χ0v) is 13.8. The molecule has 0 spiro atoms. The van der Waals surface area contributed by atoms with Crippen molar-refractivity contribution >= 4 is 33.4 Å². The molecule has 1 aliphatic heterocycles. The summed E-state index contributed by atoms with van der Waals surface area (Å²) >= 11 is 5.68. The smallest absolute Gasteiger partial charge is 0.0412 e. The van der Waals surface area contributed by atoms with Crippen LogP contribution in [0.5, 0.6) is 0 Å². The second-order valence-electron chi connectivity index (χ2n) is 5.56. The third-order valence-corrected chi connectivity index (χ3v) is 5.67. The largest absolute Gasteiger partial charge is 0.370 e. The van der Waals surface area contributed by atoms with Crippen LogP contribution in [0.3, 0.4) is 0 Å². The van der Waals surface area contributed by atoms with Crippen LogP contribution in [0.4, 0.5) is 5.69 Å². The summed E-state index contributed by atoms with van der Waals surface area (Å²) in [5, 5.41) is 3.63. The van der Waals surface area contributed by atoms with Crippen molar-refractivity contribution in [2.45, 2.75) is 37.9 Å². The van der Waals surface area contributed by atoms with Gasteiger partial charge in [-0.3, -0.25) is 0 Å². The maximum absolute atomic E-state index is 3.63. The third kappa shape index (κ3) is 3.47. The SMILES string of the molecule is CN(c1ccc(Br)cc1CNC1CC1)C1CCSC1. The highest BCUT2D eigenvalue weighted by Crippen LogP contribution is 2.30. The van der Waals surface area contributed by atoms with Crippen LogP contribution in [0.25, 0.3) is 0 Å². The monoisotopic (exact) mass is 340 g/mol. The Kier molecular flexibility index (Phi) is 4.40. The van der Waals surface area contributed by atoms with E-state index in [1.54, 1.807) is 0 Å². The van der Waals surface area contributed by atoms with Gasteiger partial charge in [0.15, 0.2) is 0 Å². The van der Waals surface area contributed by atoms with E-state index in [4.69, 9.17) is 0 Å². The summed E-state index contributed by atoms with van der Waals surface area (Å²) in [5.41, 5.74) is 2.81. The Bertz CT molecular complexity index is 442. The van der Waals surface area contributed by atoms with E-state index < -0.39 is 0 Å². The molecule has 1 aliphatic carbocycles. The Labute approximate surface area is 128 Å². The molecule has 1 saturated heterocycles. The summed E-state index contributed by atoms with van der Waals surface area (Å²) in [4.78, 5) is 2.48. The zero-order valence-electron chi connectivity index (χ0n) is 11.4. The molecule has 1 unspecified atom stereocenters. The molecule has 0 bridgehead atoms. The lowest BCUT2D eigenvalue weighted by molar-refractivity contribution is 0.668. The topological polar surface area (TPSA) is 15.3 Å². The average molecular weight is 341 g/mol. The van der Waals surface area contributed by atoms with Gasteiger partial charge < -0.3 is 10.2 Å². The lowest BCUT2D eigenvalue weighted by Gasteiger charge is -2.28. The maximum Gasteiger partial charge on any atom is 0.0412 e. The number of benzene rings is 1. The van der Waals surface area contributed by atoms with Crippen molar-refractivity contribution in [1.29, 1.82) is 0 Å². The molecule has 1 N–H and O–H groups in total. The van der Waals surface area contributed by atoms with Gasteiger partial charge in [0.25, 0.3) is 0 Å². The molecule has 1 aromatic carbocycles. The highest BCUT2D eigenvalue weighted by Gasteiger charge is 2.24. The first-order chi connectivity index (χ1) is 9.24. The van der Waals surface area contributed by atoms with E-state index in [2.05, 4.69) is 63.2 Å². The predicted octanol–water partition coefficient (Wildman–Crippen LogP) is 3.64. The number of hydrogen-bond acceptors (Lipinski definition) is 3. The lowest BCUT2D eigenvalue weighted by atomic mass is 10.1. The minimum absolute atomic E-state index is 0.700. The molecule has 1 saturated carbocycles. The third-order valence-electron chi connectivity index (χ3n) is 4.03. The first-order valence-corrected chi connectivity index (χ1v) is 9.01. The van der Waals surface area contributed by atoms with Crippen LogP contribution in [0.1, 0.15) is 24.8 Å². The van der Waals surface area contributed by atoms with Crippen molar-refractivity contribution in [3.8, 4) is 0 Å². The van der Waals surface area contributed by atoms with E-state index in [1.165, 1.54) is 46.5 Å². The van der Waals surface area contributed by atoms with E-state index in [0.29, 0.717) is 6.04 Å². The summed E-state index contributed by atoms with van der Waals surface area (Å²) in [6, 6.07) is 8.15. The number of thioether (sulfide) groups is 1. The molecular formula is C15H21BrN2S. The number of nitrogens with one attached hydrogen (secondary N) is 1. The number of rotatable bonds is 5. The summed E-state index contributed by atoms with van der Waals surface area (Å²) in [6.45, 7) is 0.990. The summed E-state index contributed by atoms with van der Waals surface area (Å²) in [7, 11) is 2.25. The summed E-state index contributed by atoms with van der Waals surface area (Å²) < 4.78 is 1.18. The van der Waals surface area contributed by atoms with Crippen molar-refractivity contribution in [2.75, 3.05) is 23.5 Å². The van der Waals surface area contributed by atoms with Crippen LogP contribution < -0.4 is 10.2 Å². The fourth-order valence-corrected chi connectivity index (χ4v) is 4.28. The van der Waals surface area contributed by atoms with Crippen LogP contribution in [0, 0.1) is 0 Å². The second-order valence-corrected chi connectivity index (χ2v) is 7.62. The molecule has 1 heterocycles. The van der Waals surface area contributed by atoms with Gasteiger partial charge in [0.1, 0.15) is 0 Å². The van der Waals surface area contributed by atoms with Gasteiger partial charge in [-0.1, -0.05) is 15.9 Å². The van der Waals surface area contributed by atoms with Gasteiger partial charge in [-0.2, -0.15) is 11.8 Å². The molecular weight excluding hydrogens is 320 g/mol. The Morgan fingerprint density at radius 1 is 1.37 bits per heavy atom. The number of halogens is 1. The molecule has 1 aromatic rings. The zero-order chi connectivity index (χ0) is 13.2. The molecule has 3 rings (SSSR count). The average Bonchev–Trinajstić information content (AvgIpc) is 3.07. The van der Waals surface area contributed by atoms with Crippen LogP contribution in [-0.2, 0) is 6.54 Å².